The number of hydrogen-bond acceptors (Lipinski definition) is 6. The fourth-order valence-corrected chi connectivity index (χ4v) is 5.13. The maximum absolute atomic E-state index is 12.6. The van der Waals surface area contributed by atoms with E-state index in [1.165, 1.54) is 24.3 Å². The van der Waals surface area contributed by atoms with E-state index in [0.29, 0.717) is 17.5 Å². The van der Waals surface area contributed by atoms with Crippen molar-refractivity contribution in [1.29, 1.82) is 0 Å². The Morgan fingerprint density at radius 2 is 1.84 bits per heavy atom. The zero-order chi connectivity index (χ0) is 22.0. The van der Waals surface area contributed by atoms with Gasteiger partial charge in [0.25, 0.3) is 21.8 Å². The number of nitrogens with one attached hydrogen (secondary N) is 2. The number of nitrogens with zero attached hydrogens (tertiary/aromatic N) is 1. The van der Waals surface area contributed by atoms with E-state index in [0.717, 1.165) is 12.8 Å². The number of amides is 3. The van der Waals surface area contributed by atoms with Crippen LogP contribution in [0.5, 0.6) is 0 Å². The summed E-state index contributed by atoms with van der Waals surface area (Å²) in [6.07, 6.45) is 1.80. The first-order valence-electron chi connectivity index (χ1n) is 9.82. The molecule has 0 saturated carbocycles. The zero-order valence-electron chi connectivity index (χ0n) is 16.5. The molecule has 4 rings (SSSR count). The number of hydrogen-bond donors (Lipinski definition) is 2. The molecule has 0 aromatic heterocycles. The van der Waals surface area contributed by atoms with E-state index in [2.05, 4.69) is 10.6 Å². The molecule has 31 heavy (non-hydrogen) atoms. The van der Waals surface area contributed by atoms with Gasteiger partial charge in [-0.3, -0.25) is 14.4 Å². The average Bonchev–Trinajstić information content (AvgIpc) is 3.35. The van der Waals surface area contributed by atoms with Crippen molar-refractivity contribution in [2.45, 2.75) is 23.8 Å². The molecule has 1 fully saturated rings. The van der Waals surface area contributed by atoms with E-state index in [1.807, 2.05) is 0 Å². The van der Waals surface area contributed by atoms with Gasteiger partial charge in [0.15, 0.2) is 0 Å². The monoisotopic (exact) mass is 443 g/mol. The lowest BCUT2D eigenvalue weighted by atomic mass is 10.1. The highest BCUT2D eigenvalue weighted by molar-refractivity contribution is 7.90. The lowest BCUT2D eigenvalue weighted by Gasteiger charge is -2.16. The number of ether oxygens (including phenoxy) is 1. The molecule has 1 saturated heterocycles. The Kier molecular flexibility index (Phi) is 5.75. The van der Waals surface area contributed by atoms with Crippen LogP contribution in [0, 0.1) is 0 Å². The molecule has 3 amide bonds. The number of benzene rings is 2. The van der Waals surface area contributed by atoms with Crippen LogP contribution in [0.15, 0.2) is 53.4 Å². The van der Waals surface area contributed by atoms with Crippen LogP contribution >= 0.6 is 0 Å². The van der Waals surface area contributed by atoms with Crippen LogP contribution in [0.25, 0.3) is 0 Å². The summed E-state index contributed by atoms with van der Waals surface area (Å²) in [5.74, 6) is -1.87. The quantitative estimate of drug-likeness (QED) is 0.696. The minimum absolute atomic E-state index is 0.0290. The Balaban J connectivity index is 1.45. The molecule has 2 N–H and O–H groups in total. The van der Waals surface area contributed by atoms with Crippen LogP contribution in [0.1, 0.15) is 33.6 Å². The maximum Gasteiger partial charge on any atom is 0.269 e. The van der Waals surface area contributed by atoms with Gasteiger partial charge in [-0.25, -0.2) is 12.7 Å². The third-order valence-corrected chi connectivity index (χ3v) is 6.95. The molecule has 2 heterocycles. The second-order valence-electron chi connectivity index (χ2n) is 7.25. The number of carbonyl (C=O) groups is 3. The molecule has 0 radical (unpaired) electrons. The second-order valence-corrected chi connectivity index (χ2v) is 9.08. The Bertz CT molecular complexity index is 1140. The number of carbonyl (C=O) groups excluding carboxylic acids is 3. The highest BCUT2D eigenvalue weighted by atomic mass is 32.2. The molecule has 2 aliphatic rings. The molecular weight excluding hydrogens is 422 g/mol. The van der Waals surface area contributed by atoms with Gasteiger partial charge in [0.2, 0.25) is 5.91 Å². The first kappa shape index (κ1) is 21.0. The number of anilines is 1. The fourth-order valence-electron chi connectivity index (χ4n) is 3.60. The van der Waals surface area contributed by atoms with Gasteiger partial charge in [0.1, 0.15) is 11.4 Å². The third kappa shape index (κ3) is 4.17. The molecule has 2 aliphatic heterocycles. The summed E-state index contributed by atoms with van der Waals surface area (Å²) in [5.41, 5.74) is 0.482. The first-order valence-corrected chi connectivity index (χ1v) is 11.3. The summed E-state index contributed by atoms with van der Waals surface area (Å²) in [7, 11) is -4.10. The predicted octanol–water partition coefficient (Wildman–Crippen LogP) is 1.38. The van der Waals surface area contributed by atoms with Gasteiger partial charge in [-0.05, 0) is 37.1 Å². The summed E-state index contributed by atoms with van der Waals surface area (Å²) in [4.78, 5) is 37.5. The number of para-hydroxylation sites is 1. The molecule has 1 atom stereocenters. The highest BCUT2D eigenvalue weighted by Crippen LogP contribution is 2.29. The van der Waals surface area contributed by atoms with Gasteiger partial charge in [0, 0.05) is 13.2 Å². The third-order valence-electron chi connectivity index (χ3n) is 5.16. The molecule has 0 bridgehead atoms. The highest BCUT2D eigenvalue weighted by Gasteiger charge is 2.41. The van der Waals surface area contributed by atoms with Crippen molar-refractivity contribution in [3.05, 3.63) is 59.7 Å². The Morgan fingerprint density at radius 1 is 1.10 bits per heavy atom. The Hall–Kier alpha value is -3.24. The largest absolute Gasteiger partial charge is 0.376 e. The van der Waals surface area contributed by atoms with Crippen LogP contribution in [-0.4, -0.2) is 56.2 Å². The number of rotatable bonds is 6. The van der Waals surface area contributed by atoms with E-state index in [4.69, 9.17) is 4.74 Å². The first-order chi connectivity index (χ1) is 14.9. The molecule has 10 heteroatoms. The Morgan fingerprint density at radius 3 is 2.58 bits per heavy atom. The molecule has 1 unspecified atom stereocenters. The van der Waals surface area contributed by atoms with Crippen molar-refractivity contribution in [2.75, 3.05) is 25.0 Å². The normalized spacial score (nSPS) is 19.2. The van der Waals surface area contributed by atoms with Crippen LogP contribution in [0.2, 0.25) is 0 Å². The zero-order valence-corrected chi connectivity index (χ0v) is 17.4. The molecular formula is C21H21N3O6S. The SMILES string of the molecule is O=C(CN1C(=O)c2ccccc2S1(=O)=O)Nc1ccccc1C(=O)NCC1CCCO1. The molecule has 2 aromatic rings. The van der Waals surface area contributed by atoms with Crippen LogP contribution in [0.4, 0.5) is 5.69 Å². The fraction of sp³-hybridized carbons (Fsp3) is 0.286. The summed E-state index contributed by atoms with van der Waals surface area (Å²) >= 11 is 0. The van der Waals surface area contributed by atoms with Gasteiger partial charge in [-0.2, -0.15) is 0 Å². The summed E-state index contributed by atoms with van der Waals surface area (Å²) in [6.45, 7) is 0.344. The molecule has 9 nitrogen and oxygen atoms in total. The van der Waals surface area contributed by atoms with Crippen molar-refractivity contribution in [3.8, 4) is 0 Å². The summed E-state index contributed by atoms with van der Waals surface area (Å²) in [6, 6.07) is 12.2. The van der Waals surface area contributed by atoms with Crippen LogP contribution < -0.4 is 10.6 Å². The Labute approximate surface area is 179 Å². The maximum atomic E-state index is 12.6. The topological polar surface area (TPSA) is 122 Å². The van der Waals surface area contributed by atoms with E-state index in [-0.39, 0.29) is 33.7 Å². The van der Waals surface area contributed by atoms with Gasteiger partial charge >= 0.3 is 0 Å². The van der Waals surface area contributed by atoms with E-state index in [1.54, 1.807) is 24.3 Å². The van der Waals surface area contributed by atoms with Crippen molar-refractivity contribution < 1.29 is 27.5 Å². The summed E-state index contributed by atoms with van der Waals surface area (Å²) < 4.78 is 31.3. The van der Waals surface area contributed by atoms with Gasteiger partial charge in [-0.1, -0.05) is 24.3 Å². The van der Waals surface area contributed by atoms with E-state index in [9.17, 15) is 22.8 Å². The van der Waals surface area contributed by atoms with Gasteiger partial charge < -0.3 is 15.4 Å². The van der Waals surface area contributed by atoms with Crippen molar-refractivity contribution >= 4 is 33.4 Å². The van der Waals surface area contributed by atoms with E-state index >= 15 is 0 Å². The summed E-state index contributed by atoms with van der Waals surface area (Å²) in [5, 5.41) is 5.33. The lowest BCUT2D eigenvalue weighted by Crippen LogP contribution is -2.38. The minimum Gasteiger partial charge on any atom is -0.376 e. The standard InChI is InChI=1S/C21H21N3O6S/c25-19(13-24-21(27)16-8-2-4-10-18(16)31(24,28)29)23-17-9-3-1-7-15(17)20(26)22-12-14-6-5-11-30-14/h1-4,7-10,14H,5-6,11-13H2,(H,22,26)(H,23,25). The molecule has 0 aliphatic carbocycles. The van der Waals surface area contributed by atoms with Crippen molar-refractivity contribution in [2.24, 2.45) is 0 Å². The van der Waals surface area contributed by atoms with E-state index < -0.39 is 28.4 Å². The van der Waals surface area contributed by atoms with Gasteiger partial charge in [-0.15, -0.1) is 0 Å². The van der Waals surface area contributed by atoms with Crippen molar-refractivity contribution in [3.63, 3.8) is 0 Å². The average molecular weight is 443 g/mol. The van der Waals surface area contributed by atoms with Gasteiger partial charge in [0.05, 0.1) is 22.9 Å². The van der Waals surface area contributed by atoms with Crippen molar-refractivity contribution in [1.82, 2.24) is 9.62 Å². The minimum atomic E-state index is -4.10. The number of fused-ring (bicyclic) bond motifs is 1. The predicted molar refractivity (Wildman–Crippen MR) is 111 cm³/mol. The van der Waals surface area contributed by atoms with Crippen LogP contribution in [-0.2, 0) is 19.6 Å². The van der Waals surface area contributed by atoms with Crippen LogP contribution in [0.3, 0.4) is 0 Å². The second kappa shape index (κ2) is 8.48. The molecule has 162 valence electrons. The lowest BCUT2D eigenvalue weighted by molar-refractivity contribution is -0.116. The number of sulfonamides is 1. The molecule has 0 spiro atoms. The molecule has 2 aromatic carbocycles. The smallest absolute Gasteiger partial charge is 0.269 e.